The number of thiophene rings is 1. The molecule has 0 fully saturated rings. The largest absolute Gasteiger partial charge is 0.298 e. The van der Waals surface area contributed by atoms with Gasteiger partial charge in [-0.3, -0.25) is 10.1 Å². The first-order valence-corrected chi connectivity index (χ1v) is 11.8. The van der Waals surface area contributed by atoms with Crippen molar-refractivity contribution in [2.75, 3.05) is 5.32 Å². The quantitative estimate of drug-likeness (QED) is 0.460. The molecule has 1 amide bonds. The number of rotatable bonds is 5. The minimum Gasteiger partial charge on any atom is -0.298 e. The van der Waals surface area contributed by atoms with E-state index in [1.165, 1.54) is 34.6 Å². The van der Waals surface area contributed by atoms with Crippen LogP contribution >= 0.6 is 45.9 Å². The number of halogens is 2. The number of hydrogen-bond acceptors (Lipinski definition) is 4. The number of thiazole rings is 1. The highest BCUT2D eigenvalue weighted by molar-refractivity contribution is 7.15. The summed E-state index contributed by atoms with van der Waals surface area (Å²) in [5.74, 6) is 0.685. The SMILES string of the molecule is CCC1CCc2c(C(=O)Nc3ncc(Cc4c(Cl)cccc4Cl)s3)csc2C1. The van der Waals surface area contributed by atoms with Crippen molar-refractivity contribution in [3.63, 3.8) is 0 Å². The van der Waals surface area contributed by atoms with E-state index in [1.807, 2.05) is 23.6 Å². The molecule has 1 N–H and O–H groups in total. The number of nitrogens with zero attached hydrogens (tertiary/aromatic N) is 1. The fourth-order valence-corrected chi connectivity index (χ4v) is 6.15. The maximum Gasteiger partial charge on any atom is 0.258 e. The Hall–Kier alpha value is -1.40. The molecule has 0 saturated carbocycles. The summed E-state index contributed by atoms with van der Waals surface area (Å²) in [7, 11) is 0. The van der Waals surface area contributed by atoms with Crippen LogP contribution < -0.4 is 5.32 Å². The van der Waals surface area contributed by atoms with Crippen molar-refractivity contribution in [2.24, 2.45) is 5.92 Å². The van der Waals surface area contributed by atoms with Gasteiger partial charge in [-0.05, 0) is 48.4 Å². The van der Waals surface area contributed by atoms with E-state index >= 15 is 0 Å². The second-order valence-corrected chi connectivity index (χ2v) is 9.92. The molecule has 0 aliphatic heterocycles. The van der Waals surface area contributed by atoms with E-state index in [9.17, 15) is 4.79 Å². The van der Waals surface area contributed by atoms with Gasteiger partial charge in [0.1, 0.15) is 0 Å². The maximum atomic E-state index is 12.8. The molecule has 0 radical (unpaired) electrons. The van der Waals surface area contributed by atoms with E-state index in [0.717, 1.165) is 34.8 Å². The molecule has 146 valence electrons. The standard InChI is InChI=1S/C21H20Cl2N2OS2/c1-2-12-6-7-14-16(11-27-19(14)8-12)20(26)25-21-24-10-13(28-21)9-15-17(22)4-3-5-18(15)23/h3-5,10-12H,2,6-9H2,1H3,(H,24,25,26). The summed E-state index contributed by atoms with van der Waals surface area (Å²) in [5, 5.41) is 6.84. The second kappa shape index (κ2) is 8.54. The molecular formula is C21H20Cl2N2OS2. The molecule has 0 bridgehead atoms. The summed E-state index contributed by atoms with van der Waals surface area (Å²) in [5.41, 5.74) is 2.91. The summed E-state index contributed by atoms with van der Waals surface area (Å²) in [6.07, 6.45) is 6.84. The van der Waals surface area contributed by atoms with Gasteiger partial charge in [-0.2, -0.15) is 0 Å². The average Bonchev–Trinajstić information content (AvgIpc) is 3.30. The monoisotopic (exact) mass is 450 g/mol. The highest BCUT2D eigenvalue weighted by atomic mass is 35.5. The van der Waals surface area contributed by atoms with Crippen LogP contribution in [0.3, 0.4) is 0 Å². The van der Waals surface area contributed by atoms with E-state index in [2.05, 4.69) is 17.2 Å². The van der Waals surface area contributed by atoms with Gasteiger partial charge in [0, 0.05) is 37.8 Å². The average molecular weight is 451 g/mol. The van der Waals surface area contributed by atoms with E-state index in [-0.39, 0.29) is 5.91 Å². The Morgan fingerprint density at radius 1 is 1.32 bits per heavy atom. The maximum absolute atomic E-state index is 12.8. The van der Waals surface area contributed by atoms with E-state index in [0.29, 0.717) is 21.6 Å². The molecule has 3 nitrogen and oxygen atoms in total. The minimum absolute atomic E-state index is 0.0656. The predicted molar refractivity (Wildman–Crippen MR) is 119 cm³/mol. The van der Waals surface area contributed by atoms with Gasteiger partial charge in [-0.1, -0.05) is 42.6 Å². The van der Waals surface area contributed by atoms with Crippen molar-refractivity contribution < 1.29 is 4.79 Å². The number of benzene rings is 1. The third kappa shape index (κ3) is 4.13. The zero-order valence-electron chi connectivity index (χ0n) is 15.4. The number of nitrogens with one attached hydrogen (secondary N) is 1. The van der Waals surface area contributed by atoms with Gasteiger partial charge in [0.15, 0.2) is 5.13 Å². The van der Waals surface area contributed by atoms with Gasteiger partial charge in [0.05, 0.1) is 5.56 Å². The molecule has 1 aromatic carbocycles. The Labute approximate surface area is 182 Å². The lowest BCUT2D eigenvalue weighted by molar-refractivity contribution is 0.102. The molecular weight excluding hydrogens is 431 g/mol. The summed E-state index contributed by atoms with van der Waals surface area (Å²) in [6.45, 7) is 2.24. The molecule has 28 heavy (non-hydrogen) atoms. The number of carbonyl (C=O) groups is 1. The molecule has 4 rings (SSSR count). The van der Waals surface area contributed by atoms with Crippen molar-refractivity contribution in [3.8, 4) is 0 Å². The van der Waals surface area contributed by atoms with Gasteiger partial charge >= 0.3 is 0 Å². The van der Waals surface area contributed by atoms with E-state index in [1.54, 1.807) is 17.5 Å². The van der Waals surface area contributed by atoms with Crippen molar-refractivity contribution in [1.29, 1.82) is 0 Å². The molecule has 1 aliphatic carbocycles. The van der Waals surface area contributed by atoms with Crippen molar-refractivity contribution in [1.82, 2.24) is 4.98 Å². The third-order valence-corrected chi connectivity index (χ3v) is 7.94. The lowest BCUT2D eigenvalue weighted by Crippen LogP contribution is -2.17. The van der Waals surface area contributed by atoms with Gasteiger partial charge in [-0.15, -0.1) is 22.7 Å². The van der Waals surface area contributed by atoms with Gasteiger partial charge in [0.2, 0.25) is 0 Å². The van der Waals surface area contributed by atoms with Crippen LogP contribution in [0.5, 0.6) is 0 Å². The van der Waals surface area contributed by atoms with Crippen LogP contribution in [0.2, 0.25) is 10.0 Å². The van der Waals surface area contributed by atoms with Crippen molar-refractivity contribution >= 4 is 56.9 Å². The van der Waals surface area contributed by atoms with Crippen molar-refractivity contribution in [3.05, 3.63) is 66.3 Å². The molecule has 0 spiro atoms. The van der Waals surface area contributed by atoms with Gasteiger partial charge in [0.25, 0.3) is 5.91 Å². The summed E-state index contributed by atoms with van der Waals surface area (Å²) < 4.78 is 0. The molecule has 7 heteroatoms. The molecule has 3 aromatic rings. The van der Waals surface area contributed by atoms with Crippen LogP contribution in [0.15, 0.2) is 29.8 Å². The highest BCUT2D eigenvalue weighted by Gasteiger charge is 2.24. The number of aromatic nitrogens is 1. The Bertz CT molecular complexity index is 992. The molecule has 0 saturated heterocycles. The van der Waals surface area contributed by atoms with E-state index < -0.39 is 0 Å². The minimum atomic E-state index is -0.0656. The van der Waals surface area contributed by atoms with Crippen LogP contribution in [-0.2, 0) is 19.3 Å². The Morgan fingerprint density at radius 2 is 2.11 bits per heavy atom. The Morgan fingerprint density at radius 3 is 2.86 bits per heavy atom. The first-order valence-electron chi connectivity index (χ1n) is 9.33. The number of fused-ring (bicyclic) bond motifs is 1. The fraction of sp³-hybridized carbons (Fsp3) is 0.333. The smallest absolute Gasteiger partial charge is 0.258 e. The normalized spacial score (nSPS) is 16.0. The predicted octanol–water partition coefficient (Wildman–Crippen LogP) is 6.87. The number of carbonyl (C=O) groups excluding carboxylic acids is 1. The van der Waals surface area contributed by atoms with Crippen molar-refractivity contribution in [2.45, 2.75) is 39.0 Å². The van der Waals surface area contributed by atoms with Crippen LogP contribution in [0, 0.1) is 5.92 Å². The van der Waals surface area contributed by atoms with Crippen LogP contribution in [-0.4, -0.2) is 10.9 Å². The topological polar surface area (TPSA) is 42.0 Å². The zero-order chi connectivity index (χ0) is 19.7. The first kappa shape index (κ1) is 19.9. The fourth-order valence-electron chi connectivity index (χ4n) is 3.61. The first-order chi connectivity index (χ1) is 13.5. The Balaban J connectivity index is 1.46. The summed E-state index contributed by atoms with van der Waals surface area (Å²) in [4.78, 5) is 19.5. The highest BCUT2D eigenvalue weighted by Crippen LogP contribution is 2.35. The molecule has 1 unspecified atom stereocenters. The molecule has 1 aliphatic rings. The lowest BCUT2D eigenvalue weighted by atomic mass is 9.86. The van der Waals surface area contributed by atoms with Crippen LogP contribution in [0.4, 0.5) is 5.13 Å². The number of anilines is 1. The molecule has 2 heterocycles. The summed E-state index contributed by atoms with van der Waals surface area (Å²) >= 11 is 15.7. The molecule has 1 atom stereocenters. The third-order valence-electron chi connectivity index (χ3n) is 5.27. The second-order valence-electron chi connectivity index (χ2n) is 7.03. The van der Waals surface area contributed by atoms with E-state index in [4.69, 9.17) is 23.2 Å². The molecule has 2 aromatic heterocycles. The van der Waals surface area contributed by atoms with Gasteiger partial charge < -0.3 is 0 Å². The zero-order valence-corrected chi connectivity index (χ0v) is 18.6. The van der Waals surface area contributed by atoms with Gasteiger partial charge in [-0.25, -0.2) is 4.98 Å². The summed E-state index contributed by atoms with van der Waals surface area (Å²) in [6, 6.07) is 5.49. The van der Waals surface area contributed by atoms with Crippen LogP contribution in [0.25, 0.3) is 0 Å². The lowest BCUT2D eigenvalue weighted by Gasteiger charge is -2.21. The Kier molecular flexibility index (Phi) is 6.07. The number of amides is 1. The number of hydrogen-bond donors (Lipinski definition) is 1. The van der Waals surface area contributed by atoms with Crippen LogP contribution in [0.1, 0.15) is 51.0 Å².